The van der Waals surface area contributed by atoms with Crippen molar-refractivity contribution in [2.24, 2.45) is 11.8 Å². The van der Waals surface area contributed by atoms with Crippen molar-refractivity contribution in [3.8, 4) is 0 Å². The molecule has 0 aromatic carbocycles. The van der Waals surface area contributed by atoms with E-state index in [0.717, 1.165) is 38.7 Å². The Morgan fingerprint density at radius 1 is 1.14 bits per heavy atom. The molecule has 1 aliphatic carbocycles. The fraction of sp³-hybridized carbons (Fsp3) is 0.875. The third kappa shape index (κ3) is 10.4. The number of hydrogen-bond donors (Lipinski definition) is 2. The largest absolute Gasteiger partial charge is 0.396 e. The number of rotatable bonds is 10. The van der Waals surface area contributed by atoms with Crippen LogP contribution >= 0.6 is 0 Å². The van der Waals surface area contributed by atoms with Crippen molar-refractivity contribution < 1.29 is 38.0 Å². The molecule has 22 heavy (non-hydrogen) atoms. The molecular formula is C16H29NO4V. The Labute approximate surface area is 145 Å². The molecule has 0 atom stereocenters. The number of ether oxygens (including phenoxy) is 1. The molecule has 1 amide bonds. The second kappa shape index (κ2) is 13.1. The first kappa shape index (κ1) is 21.6. The summed E-state index contributed by atoms with van der Waals surface area (Å²) in [5.41, 5.74) is 0. The van der Waals surface area contributed by atoms with Gasteiger partial charge in [-0.15, -0.1) is 0 Å². The van der Waals surface area contributed by atoms with E-state index in [9.17, 15) is 9.59 Å². The number of aliphatic hydroxyl groups is 1. The maximum Gasteiger partial charge on any atom is 0.220 e. The SMILES string of the molecule is CC(=O)CCNC(=O)CCCOCC1CCC(CO)CC1.[V]. The molecule has 0 spiro atoms. The van der Waals surface area contributed by atoms with E-state index in [4.69, 9.17) is 9.84 Å². The smallest absolute Gasteiger partial charge is 0.220 e. The summed E-state index contributed by atoms with van der Waals surface area (Å²) < 4.78 is 5.64. The van der Waals surface area contributed by atoms with Crippen LogP contribution < -0.4 is 5.32 Å². The molecule has 1 rings (SSSR count). The predicted molar refractivity (Wildman–Crippen MR) is 80.9 cm³/mol. The quantitative estimate of drug-likeness (QED) is 0.588. The zero-order valence-electron chi connectivity index (χ0n) is 13.6. The van der Waals surface area contributed by atoms with Crippen molar-refractivity contribution in [1.82, 2.24) is 5.32 Å². The van der Waals surface area contributed by atoms with Crippen LogP contribution in [-0.4, -0.2) is 43.2 Å². The number of carbonyl (C=O) groups is 2. The van der Waals surface area contributed by atoms with Crippen LogP contribution in [0.5, 0.6) is 0 Å². The minimum Gasteiger partial charge on any atom is -0.396 e. The molecule has 6 heteroatoms. The van der Waals surface area contributed by atoms with E-state index < -0.39 is 0 Å². The summed E-state index contributed by atoms with van der Waals surface area (Å²) in [6.07, 6.45) is 6.05. The molecule has 0 heterocycles. The first-order valence-corrected chi connectivity index (χ1v) is 8.06. The summed E-state index contributed by atoms with van der Waals surface area (Å²) >= 11 is 0. The van der Waals surface area contributed by atoms with E-state index >= 15 is 0 Å². The molecule has 127 valence electrons. The molecule has 0 bridgehead atoms. The summed E-state index contributed by atoms with van der Waals surface area (Å²) in [7, 11) is 0. The summed E-state index contributed by atoms with van der Waals surface area (Å²) in [6.45, 7) is 3.65. The summed E-state index contributed by atoms with van der Waals surface area (Å²) in [5.74, 6) is 1.18. The van der Waals surface area contributed by atoms with Crippen LogP contribution in [0.25, 0.3) is 0 Å². The number of nitrogens with one attached hydrogen (secondary N) is 1. The van der Waals surface area contributed by atoms with E-state index in [-0.39, 0.29) is 30.2 Å². The van der Waals surface area contributed by atoms with Gasteiger partial charge in [-0.05, 0) is 50.9 Å². The maximum absolute atomic E-state index is 11.5. The maximum atomic E-state index is 11.5. The van der Waals surface area contributed by atoms with Crippen molar-refractivity contribution in [2.45, 2.75) is 51.9 Å². The Balaban J connectivity index is 0.00000441. The van der Waals surface area contributed by atoms with Gasteiger partial charge in [-0.25, -0.2) is 0 Å². The molecular weight excluding hydrogens is 321 g/mol. The van der Waals surface area contributed by atoms with E-state index in [1.165, 1.54) is 6.92 Å². The number of aliphatic hydroxyl groups excluding tert-OH is 1. The standard InChI is InChI=1S/C16H29NO4.V/c1-13(19)8-9-17-16(20)3-2-10-21-12-15-6-4-14(11-18)5-7-15;/h14-15,18H,2-12H2,1H3,(H,17,20);. The Morgan fingerprint density at radius 2 is 1.77 bits per heavy atom. The summed E-state index contributed by atoms with van der Waals surface area (Å²) in [4.78, 5) is 22.2. The number of amides is 1. The van der Waals surface area contributed by atoms with Crippen molar-refractivity contribution in [2.75, 3.05) is 26.4 Å². The normalized spacial score (nSPS) is 21.0. The predicted octanol–water partition coefficient (Wildman–Crippen LogP) is 1.67. The van der Waals surface area contributed by atoms with Crippen LogP contribution in [-0.2, 0) is 32.9 Å². The van der Waals surface area contributed by atoms with E-state index in [0.29, 0.717) is 44.4 Å². The van der Waals surface area contributed by atoms with Gasteiger partial charge in [0.25, 0.3) is 0 Å². The van der Waals surface area contributed by atoms with Gasteiger partial charge in [-0.2, -0.15) is 0 Å². The number of hydrogen-bond acceptors (Lipinski definition) is 4. The molecule has 0 unspecified atom stereocenters. The van der Waals surface area contributed by atoms with E-state index in [1.807, 2.05) is 0 Å². The molecule has 1 saturated carbocycles. The number of carbonyl (C=O) groups excluding carboxylic acids is 2. The van der Waals surface area contributed by atoms with Gasteiger partial charge < -0.3 is 15.2 Å². The fourth-order valence-corrected chi connectivity index (χ4v) is 2.63. The molecule has 1 fully saturated rings. The molecule has 5 nitrogen and oxygen atoms in total. The Morgan fingerprint density at radius 3 is 2.36 bits per heavy atom. The van der Waals surface area contributed by atoms with Crippen molar-refractivity contribution >= 4 is 11.7 Å². The first-order valence-electron chi connectivity index (χ1n) is 8.06. The molecule has 0 aliphatic heterocycles. The molecule has 0 aromatic rings. The van der Waals surface area contributed by atoms with Gasteiger partial charge in [-0.3, -0.25) is 9.59 Å². The topological polar surface area (TPSA) is 75.6 Å². The van der Waals surface area contributed by atoms with Crippen LogP contribution in [0.1, 0.15) is 51.9 Å². The Bertz CT molecular complexity index is 317. The van der Waals surface area contributed by atoms with E-state index in [1.54, 1.807) is 0 Å². The second-order valence-corrected chi connectivity index (χ2v) is 6.05. The van der Waals surface area contributed by atoms with Crippen LogP contribution in [0.15, 0.2) is 0 Å². The molecule has 2 N–H and O–H groups in total. The van der Waals surface area contributed by atoms with Gasteiger partial charge in [0, 0.05) is 57.8 Å². The Hall–Kier alpha value is -0.356. The monoisotopic (exact) mass is 350 g/mol. The first-order chi connectivity index (χ1) is 10.1. The molecule has 0 saturated heterocycles. The Kier molecular flexibility index (Phi) is 12.9. The number of Topliss-reactive ketones (excluding diaryl/α,β-unsaturated/α-hetero) is 1. The minimum absolute atomic E-state index is 0. The zero-order chi connectivity index (χ0) is 15.5. The average Bonchev–Trinajstić information content (AvgIpc) is 2.47. The van der Waals surface area contributed by atoms with Gasteiger partial charge >= 0.3 is 0 Å². The third-order valence-electron chi connectivity index (χ3n) is 4.07. The van der Waals surface area contributed by atoms with Crippen LogP contribution in [0, 0.1) is 11.8 Å². The van der Waals surface area contributed by atoms with Gasteiger partial charge in [0.05, 0.1) is 0 Å². The van der Waals surface area contributed by atoms with Gasteiger partial charge in [0.2, 0.25) is 5.91 Å². The van der Waals surface area contributed by atoms with Crippen molar-refractivity contribution in [1.29, 1.82) is 0 Å². The third-order valence-corrected chi connectivity index (χ3v) is 4.07. The summed E-state index contributed by atoms with van der Waals surface area (Å²) in [6, 6.07) is 0. The number of ketones is 1. The molecule has 1 aliphatic rings. The van der Waals surface area contributed by atoms with Crippen LogP contribution in [0.4, 0.5) is 0 Å². The second-order valence-electron chi connectivity index (χ2n) is 6.05. The molecule has 1 radical (unpaired) electrons. The van der Waals surface area contributed by atoms with Crippen LogP contribution in [0.2, 0.25) is 0 Å². The molecule has 0 aromatic heterocycles. The minimum atomic E-state index is -0.0108. The van der Waals surface area contributed by atoms with Gasteiger partial charge in [0.1, 0.15) is 5.78 Å². The van der Waals surface area contributed by atoms with Crippen LogP contribution in [0.3, 0.4) is 0 Å². The summed E-state index contributed by atoms with van der Waals surface area (Å²) in [5, 5.41) is 11.8. The fourth-order valence-electron chi connectivity index (χ4n) is 2.63. The van der Waals surface area contributed by atoms with Gasteiger partial charge in [-0.1, -0.05) is 0 Å². The van der Waals surface area contributed by atoms with E-state index in [2.05, 4.69) is 5.32 Å². The van der Waals surface area contributed by atoms with Gasteiger partial charge in [0.15, 0.2) is 0 Å². The van der Waals surface area contributed by atoms with Crippen molar-refractivity contribution in [3.05, 3.63) is 0 Å². The average molecular weight is 350 g/mol. The zero-order valence-corrected chi connectivity index (χ0v) is 14.9. The van der Waals surface area contributed by atoms with Crippen molar-refractivity contribution in [3.63, 3.8) is 0 Å².